The van der Waals surface area contributed by atoms with E-state index in [1.807, 2.05) is 24.3 Å². The minimum Gasteiger partial charge on any atom is -0.487 e. The number of halogens is 2. The number of carbonyl (C=O) groups excluding carboxylic acids is 1. The highest BCUT2D eigenvalue weighted by Crippen LogP contribution is 2.58. The fraction of sp³-hybridized carbons (Fsp3) is 0.364. The Hall–Kier alpha value is -2.45. The summed E-state index contributed by atoms with van der Waals surface area (Å²) >= 11 is 1.30. The first-order valence-electron chi connectivity index (χ1n) is 9.96. The van der Waals surface area contributed by atoms with Crippen LogP contribution >= 0.6 is 11.8 Å². The van der Waals surface area contributed by atoms with Gasteiger partial charge in [-0.3, -0.25) is 4.79 Å². The molecule has 0 radical (unpaired) electrons. The van der Waals surface area contributed by atoms with Gasteiger partial charge < -0.3 is 10.1 Å². The average Bonchev–Trinajstić information content (AvgIpc) is 3.10. The Morgan fingerprint density at radius 1 is 1.20 bits per heavy atom. The molecule has 30 heavy (non-hydrogen) atoms. The summed E-state index contributed by atoms with van der Waals surface area (Å²) in [5.74, 6) is -0.664. The molecule has 3 aliphatic heterocycles. The summed E-state index contributed by atoms with van der Waals surface area (Å²) in [7, 11) is 0. The highest BCUT2D eigenvalue weighted by Gasteiger charge is 2.57. The molecule has 3 heterocycles. The molecule has 2 spiro atoms. The van der Waals surface area contributed by atoms with Crippen LogP contribution in [-0.4, -0.2) is 34.7 Å². The lowest BCUT2D eigenvalue weighted by molar-refractivity contribution is -0.135. The van der Waals surface area contributed by atoms with E-state index < -0.39 is 22.1 Å². The second kappa shape index (κ2) is 7.06. The number of thioether (sulfide) groups is 1. The topological polar surface area (TPSA) is 53.9 Å². The predicted octanol–water partition coefficient (Wildman–Crippen LogP) is 3.98. The number of amides is 1. The van der Waals surface area contributed by atoms with Crippen LogP contribution in [0.5, 0.6) is 5.75 Å². The smallest absolute Gasteiger partial charge is 0.241 e. The van der Waals surface area contributed by atoms with Gasteiger partial charge >= 0.3 is 0 Å². The second-order valence-electron chi connectivity index (χ2n) is 7.95. The molecule has 1 saturated heterocycles. The Morgan fingerprint density at radius 3 is 2.73 bits per heavy atom. The fourth-order valence-corrected chi connectivity index (χ4v) is 6.19. The van der Waals surface area contributed by atoms with Crippen molar-refractivity contribution < 1.29 is 18.3 Å². The van der Waals surface area contributed by atoms with Crippen molar-refractivity contribution in [3.63, 3.8) is 0 Å². The Morgan fingerprint density at radius 2 is 1.97 bits per heavy atom. The number of para-hydroxylation sites is 1. The maximum atomic E-state index is 14.6. The van der Waals surface area contributed by atoms with Gasteiger partial charge in [0.2, 0.25) is 5.91 Å². The van der Waals surface area contributed by atoms with Crippen LogP contribution in [0.15, 0.2) is 47.6 Å². The Labute approximate surface area is 177 Å². The van der Waals surface area contributed by atoms with Crippen molar-refractivity contribution in [1.82, 2.24) is 10.3 Å². The molecule has 1 fully saturated rings. The van der Waals surface area contributed by atoms with Crippen molar-refractivity contribution in [3.8, 4) is 5.75 Å². The summed E-state index contributed by atoms with van der Waals surface area (Å²) in [4.78, 5) is 11.8. The van der Waals surface area contributed by atoms with Crippen molar-refractivity contribution in [2.45, 2.75) is 36.7 Å². The van der Waals surface area contributed by atoms with Gasteiger partial charge in [0, 0.05) is 24.5 Å². The van der Waals surface area contributed by atoms with E-state index in [1.54, 1.807) is 0 Å². The number of benzene rings is 2. The zero-order valence-electron chi connectivity index (χ0n) is 16.5. The maximum Gasteiger partial charge on any atom is 0.241 e. The fourth-order valence-electron chi connectivity index (χ4n) is 4.61. The Kier molecular flexibility index (Phi) is 4.59. The largest absolute Gasteiger partial charge is 0.487 e. The summed E-state index contributed by atoms with van der Waals surface area (Å²) in [6.45, 7) is 3.08. The summed E-state index contributed by atoms with van der Waals surface area (Å²) in [5, 5.41) is 9.58. The monoisotopic (exact) mass is 429 g/mol. The quantitative estimate of drug-likeness (QED) is 0.745. The average molecular weight is 429 g/mol. The minimum atomic E-state index is -0.869. The van der Waals surface area contributed by atoms with E-state index in [9.17, 15) is 13.6 Å². The number of carbonyl (C=O) groups is 1. The number of rotatable bonds is 1. The molecule has 0 aliphatic carbocycles. The minimum absolute atomic E-state index is 0.0615. The molecule has 0 aromatic heterocycles. The lowest BCUT2D eigenvalue weighted by atomic mass is 9.80. The van der Waals surface area contributed by atoms with Gasteiger partial charge in [0.05, 0.1) is 0 Å². The summed E-state index contributed by atoms with van der Waals surface area (Å²) in [6.07, 6.45) is 2.10. The number of piperidine rings is 1. The molecule has 1 atom stereocenters. The molecule has 1 N–H and O–H groups in total. The van der Waals surface area contributed by atoms with E-state index in [-0.39, 0.29) is 11.5 Å². The first-order chi connectivity index (χ1) is 14.4. The number of nitrogens with zero attached hydrogens (tertiary/aromatic N) is 2. The SMILES string of the molecule is CC(=O)N1N=C(c2cc(F)ccc2F)SC12CC1(CCNCC1)Oc1ccccc12. The molecule has 2 aromatic rings. The molecule has 2 aromatic carbocycles. The number of hydrazone groups is 1. The third-order valence-electron chi connectivity index (χ3n) is 5.97. The van der Waals surface area contributed by atoms with Gasteiger partial charge in [-0.1, -0.05) is 30.0 Å². The van der Waals surface area contributed by atoms with E-state index in [0.717, 1.165) is 49.7 Å². The number of nitrogens with one attached hydrogen (secondary N) is 1. The second-order valence-corrected chi connectivity index (χ2v) is 9.22. The molecule has 1 unspecified atom stereocenters. The van der Waals surface area contributed by atoms with Gasteiger partial charge in [-0.25, -0.2) is 13.8 Å². The molecule has 3 aliphatic rings. The van der Waals surface area contributed by atoms with Crippen LogP contribution < -0.4 is 10.1 Å². The van der Waals surface area contributed by atoms with Crippen molar-refractivity contribution in [2.24, 2.45) is 5.10 Å². The molecule has 156 valence electrons. The summed E-state index contributed by atoms with van der Waals surface area (Å²) < 4.78 is 34.9. The van der Waals surface area contributed by atoms with Gasteiger partial charge in [0.1, 0.15) is 32.9 Å². The Bertz CT molecular complexity index is 1050. The van der Waals surface area contributed by atoms with Gasteiger partial charge in [-0.15, -0.1) is 0 Å². The van der Waals surface area contributed by atoms with Gasteiger partial charge in [0.25, 0.3) is 0 Å². The lowest BCUT2D eigenvalue weighted by Crippen LogP contribution is -2.56. The molecule has 0 saturated carbocycles. The van der Waals surface area contributed by atoms with Crippen molar-refractivity contribution in [1.29, 1.82) is 0 Å². The zero-order valence-corrected chi connectivity index (χ0v) is 17.3. The summed E-state index contributed by atoms with van der Waals surface area (Å²) in [6, 6.07) is 10.9. The number of hydrogen-bond acceptors (Lipinski definition) is 5. The van der Waals surface area contributed by atoms with Crippen molar-refractivity contribution in [2.75, 3.05) is 13.1 Å². The third-order valence-corrected chi connectivity index (χ3v) is 7.34. The van der Waals surface area contributed by atoms with Crippen molar-refractivity contribution in [3.05, 3.63) is 65.2 Å². The molecular weight excluding hydrogens is 408 g/mol. The van der Waals surface area contributed by atoms with E-state index in [0.29, 0.717) is 17.2 Å². The normalized spacial score (nSPS) is 24.5. The zero-order chi connectivity index (χ0) is 20.9. The maximum absolute atomic E-state index is 14.6. The van der Waals surface area contributed by atoms with E-state index in [2.05, 4.69) is 10.4 Å². The van der Waals surface area contributed by atoms with Gasteiger partial charge in [-0.05, 0) is 50.2 Å². The third kappa shape index (κ3) is 3.01. The van der Waals surface area contributed by atoms with Crippen LogP contribution in [0.1, 0.15) is 37.3 Å². The van der Waals surface area contributed by atoms with E-state index in [1.165, 1.54) is 23.7 Å². The highest BCUT2D eigenvalue weighted by atomic mass is 32.2. The number of fused-ring (bicyclic) bond motifs is 2. The van der Waals surface area contributed by atoms with E-state index in [4.69, 9.17) is 4.74 Å². The predicted molar refractivity (Wildman–Crippen MR) is 111 cm³/mol. The summed E-state index contributed by atoms with van der Waals surface area (Å²) in [5.41, 5.74) is 0.433. The highest BCUT2D eigenvalue weighted by molar-refractivity contribution is 8.15. The van der Waals surface area contributed by atoms with Crippen LogP contribution in [0, 0.1) is 11.6 Å². The van der Waals surface area contributed by atoms with Crippen LogP contribution in [0.2, 0.25) is 0 Å². The molecule has 5 nitrogen and oxygen atoms in total. The first kappa shape index (κ1) is 19.5. The lowest BCUT2D eigenvalue weighted by Gasteiger charge is -2.50. The van der Waals surface area contributed by atoms with Gasteiger partial charge in [0.15, 0.2) is 0 Å². The van der Waals surface area contributed by atoms with Crippen LogP contribution in [0.3, 0.4) is 0 Å². The molecule has 8 heteroatoms. The first-order valence-corrected chi connectivity index (χ1v) is 10.8. The molecule has 1 amide bonds. The van der Waals surface area contributed by atoms with Crippen LogP contribution in [0.4, 0.5) is 8.78 Å². The molecule has 0 bridgehead atoms. The number of ether oxygens (including phenoxy) is 1. The van der Waals surface area contributed by atoms with Crippen LogP contribution in [-0.2, 0) is 9.67 Å². The number of hydrogen-bond donors (Lipinski definition) is 1. The van der Waals surface area contributed by atoms with E-state index >= 15 is 0 Å². The standard InChI is InChI=1S/C22H21F2N3O2S/c1-14(28)27-22(30-20(26-27)16-12-15(23)6-7-18(16)24)13-21(8-10-25-11-9-21)29-19-5-3-2-4-17(19)22/h2-7,12,25H,8-11,13H2,1H3. The molecular formula is C22H21F2N3O2S. The Balaban J connectivity index is 1.66. The van der Waals surface area contributed by atoms with Crippen LogP contribution in [0.25, 0.3) is 0 Å². The van der Waals surface area contributed by atoms with Crippen molar-refractivity contribution >= 4 is 22.7 Å². The molecule has 5 rings (SSSR count). The van der Waals surface area contributed by atoms with Gasteiger partial charge in [-0.2, -0.15) is 5.10 Å².